The van der Waals surface area contributed by atoms with Crippen LogP contribution in [0.1, 0.15) is 29.3 Å². The molecule has 2 aromatic rings. The van der Waals surface area contributed by atoms with Crippen molar-refractivity contribution in [3.05, 3.63) is 40.6 Å². The molecular weight excluding hydrogens is 462 g/mol. The summed E-state index contributed by atoms with van der Waals surface area (Å²) < 4.78 is 30.8. The lowest BCUT2D eigenvalue weighted by molar-refractivity contribution is -0.144. The van der Waals surface area contributed by atoms with Gasteiger partial charge in [-0.1, -0.05) is 17.7 Å². The van der Waals surface area contributed by atoms with E-state index in [1.54, 1.807) is 6.92 Å². The molecule has 0 saturated carbocycles. The maximum absolute atomic E-state index is 12.9. The van der Waals surface area contributed by atoms with E-state index in [4.69, 9.17) is 4.74 Å². The Balaban J connectivity index is 1.56. The molecule has 1 aromatic heterocycles. The van der Waals surface area contributed by atoms with E-state index in [2.05, 4.69) is 10.4 Å². The van der Waals surface area contributed by atoms with Gasteiger partial charge in [0.2, 0.25) is 0 Å². The molecule has 34 heavy (non-hydrogen) atoms. The zero-order valence-electron chi connectivity index (χ0n) is 19.3. The highest BCUT2D eigenvalue weighted by atomic mass is 32.2. The number of piperazine rings is 1. The minimum absolute atomic E-state index is 0.187. The number of rotatable bonds is 3. The minimum atomic E-state index is -3.37. The molecule has 12 heteroatoms. The molecule has 0 aliphatic carbocycles. The van der Waals surface area contributed by atoms with Crippen molar-refractivity contribution in [2.45, 2.75) is 32.3 Å². The number of aryl methyl sites for hydroxylation is 2. The fourth-order valence-corrected chi connectivity index (χ4v) is 5.69. The highest BCUT2D eigenvalue weighted by Gasteiger charge is 2.35. The van der Waals surface area contributed by atoms with Crippen LogP contribution >= 0.6 is 0 Å². The maximum atomic E-state index is 12.9. The Bertz CT molecular complexity index is 1260. The Kier molecular flexibility index (Phi) is 6.34. The standard InChI is InChI=1S/C22H27N5O6S/c1-4-33-22(30)26-9-7-25(8-10-26)21(29)20(28)23-19-16-12-34(31,32)13-17(16)24-27(19)18-6-5-14(2)11-15(18)3/h5-6,11H,4,7-10,12-13H2,1-3H3,(H,23,28). The maximum Gasteiger partial charge on any atom is 0.409 e. The molecule has 0 spiro atoms. The van der Waals surface area contributed by atoms with Crippen LogP contribution in [0.25, 0.3) is 5.69 Å². The normalized spacial score (nSPS) is 16.8. The number of nitrogens with zero attached hydrogens (tertiary/aromatic N) is 4. The number of fused-ring (bicyclic) bond motifs is 1. The third kappa shape index (κ3) is 4.63. The molecule has 0 atom stereocenters. The van der Waals surface area contributed by atoms with Gasteiger partial charge in [0.1, 0.15) is 5.82 Å². The summed E-state index contributed by atoms with van der Waals surface area (Å²) in [5, 5.41) is 7.08. The summed E-state index contributed by atoms with van der Waals surface area (Å²) in [6.07, 6.45) is -0.451. The van der Waals surface area contributed by atoms with Crippen molar-refractivity contribution >= 4 is 33.6 Å². The van der Waals surface area contributed by atoms with Gasteiger partial charge in [-0.25, -0.2) is 17.9 Å². The van der Waals surface area contributed by atoms with Gasteiger partial charge in [0.15, 0.2) is 9.84 Å². The van der Waals surface area contributed by atoms with E-state index >= 15 is 0 Å². The number of aromatic nitrogens is 2. The average Bonchev–Trinajstić information content (AvgIpc) is 3.25. The van der Waals surface area contributed by atoms with Gasteiger partial charge in [-0.05, 0) is 32.4 Å². The molecule has 3 amide bonds. The number of nitrogens with one attached hydrogen (secondary N) is 1. The van der Waals surface area contributed by atoms with Crippen molar-refractivity contribution in [2.75, 3.05) is 38.1 Å². The Morgan fingerprint density at radius 2 is 1.74 bits per heavy atom. The molecule has 0 bridgehead atoms. The van der Waals surface area contributed by atoms with Gasteiger partial charge in [-0.2, -0.15) is 5.10 Å². The number of ether oxygens (including phenoxy) is 1. The number of sulfone groups is 1. The number of carbonyl (C=O) groups excluding carboxylic acids is 3. The molecule has 1 N–H and O–H groups in total. The monoisotopic (exact) mass is 489 g/mol. The lowest BCUT2D eigenvalue weighted by Crippen LogP contribution is -2.53. The van der Waals surface area contributed by atoms with Crippen LogP contribution in [0.3, 0.4) is 0 Å². The molecule has 11 nitrogen and oxygen atoms in total. The number of amides is 3. The van der Waals surface area contributed by atoms with Gasteiger partial charge < -0.3 is 19.9 Å². The number of carbonyl (C=O) groups is 3. The Morgan fingerprint density at radius 3 is 2.38 bits per heavy atom. The van der Waals surface area contributed by atoms with Crippen LogP contribution in [-0.4, -0.2) is 78.7 Å². The molecule has 2 aliphatic heterocycles. The van der Waals surface area contributed by atoms with Crippen LogP contribution in [0.2, 0.25) is 0 Å². The van der Waals surface area contributed by atoms with E-state index in [0.717, 1.165) is 11.1 Å². The third-order valence-corrected chi connectivity index (χ3v) is 7.33. The highest BCUT2D eigenvalue weighted by molar-refractivity contribution is 7.90. The van der Waals surface area contributed by atoms with Crippen molar-refractivity contribution in [3.8, 4) is 5.69 Å². The molecule has 1 saturated heterocycles. The van der Waals surface area contributed by atoms with E-state index < -0.39 is 27.7 Å². The largest absolute Gasteiger partial charge is 0.450 e. The van der Waals surface area contributed by atoms with Gasteiger partial charge in [0.25, 0.3) is 0 Å². The summed E-state index contributed by atoms with van der Waals surface area (Å²) in [5.74, 6) is -1.93. The molecule has 0 radical (unpaired) electrons. The number of hydrogen-bond acceptors (Lipinski definition) is 7. The molecule has 1 fully saturated rings. The van der Waals surface area contributed by atoms with Crippen molar-refractivity contribution in [3.63, 3.8) is 0 Å². The Labute approximate surface area is 197 Å². The van der Waals surface area contributed by atoms with Crippen LogP contribution in [0, 0.1) is 13.8 Å². The van der Waals surface area contributed by atoms with Gasteiger partial charge in [-0.3, -0.25) is 9.59 Å². The number of benzene rings is 1. The van der Waals surface area contributed by atoms with Crippen LogP contribution in [0.4, 0.5) is 10.6 Å². The first kappa shape index (κ1) is 23.7. The zero-order chi connectivity index (χ0) is 24.6. The first-order valence-electron chi connectivity index (χ1n) is 11.0. The van der Waals surface area contributed by atoms with Crippen molar-refractivity contribution in [1.82, 2.24) is 19.6 Å². The Morgan fingerprint density at radius 1 is 1.06 bits per heavy atom. The second-order valence-electron chi connectivity index (χ2n) is 8.44. The van der Waals surface area contributed by atoms with Crippen molar-refractivity contribution in [1.29, 1.82) is 0 Å². The molecule has 0 unspecified atom stereocenters. The van der Waals surface area contributed by atoms with E-state index in [9.17, 15) is 22.8 Å². The second-order valence-corrected chi connectivity index (χ2v) is 10.5. The van der Waals surface area contributed by atoms with Gasteiger partial charge >= 0.3 is 17.9 Å². The van der Waals surface area contributed by atoms with Gasteiger partial charge in [0.05, 0.1) is 29.5 Å². The molecule has 2 aliphatic rings. The van der Waals surface area contributed by atoms with Crippen LogP contribution in [-0.2, 0) is 35.7 Å². The summed E-state index contributed by atoms with van der Waals surface area (Å²) in [7, 11) is -3.37. The molecule has 4 rings (SSSR count). The fourth-order valence-electron chi connectivity index (χ4n) is 4.20. The van der Waals surface area contributed by atoms with Gasteiger partial charge in [0, 0.05) is 31.7 Å². The fraction of sp³-hybridized carbons (Fsp3) is 0.455. The van der Waals surface area contributed by atoms with E-state index in [0.29, 0.717) is 16.9 Å². The predicted octanol–water partition coefficient (Wildman–Crippen LogP) is 1.16. The highest BCUT2D eigenvalue weighted by Crippen LogP contribution is 2.33. The van der Waals surface area contributed by atoms with E-state index in [-0.39, 0.29) is 50.1 Å². The quantitative estimate of drug-likeness (QED) is 0.640. The SMILES string of the molecule is CCOC(=O)N1CCN(C(=O)C(=O)Nc2c3c(nn2-c2ccc(C)cc2C)CS(=O)(=O)C3)CC1. The predicted molar refractivity (Wildman–Crippen MR) is 123 cm³/mol. The number of anilines is 1. The summed E-state index contributed by atoms with van der Waals surface area (Å²) >= 11 is 0. The van der Waals surface area contributed by atoms with Crippen LogP contribution in [0.15, 0.2) is 18.2 Å². The molecule has 3 heterocycles. The summed E-state index contributed by atoms with van der Waals surface area (Å²) in [6, 6.07) is 5.69. The third-order valence-electron chi connectivity index (χ3n) is 5.89. The number of hydrogen-bond donors (Lipinski definition) is 1. The first-order valence-corrected chi connectivity index (χ1v) is 12.8. The van der Waals surface area contributed by atoms with E-state index in [1.807, 2.05) is 32.0 Å². The van der Waals surface area contributed by atoms with Crippen LogP contribution in [0.5, 0.6) is 0 Å². The van der Waals surface area contributed by atoms with E-state index in [1.165, 1.54) is 14.5 Å². The average molecular weight is 490 g/mol. The summed E-state index contributed by atoms with van der Waals surface area (Å²) in [4.78, 5) is 40.5. The Hall–Kier alpha value is -3.41. The summed E-state index contributed by atoms with van der Waals surface area (Å²) in [5.41, 5.74) is 3.38. The van der Waals surface area contributed by atoms with Gasteiger partial charge in [-0.15, -0.1) is 0 Å². The second kappa shape index (κ2) is 9.09. The zero-order valence-corrected chi connectivity index (χ0v) is 20.1. The lowest BCUT2D eigenvalue weighted by atomic mass is 10.1. The minimum Gasteiger partial charge on any atom is -0.450 e. The topological polar surface area (TPSA) is 131 Å². The first-order chi connectivity index (χ1) is 16.1. The van der Waals surface area contributed by atoms with Crippen molar-refractivity contribution < 1.29 is 27.5 Å². The molecule has 1 aromatic carbocycles. The molecule has 182 valence electrons. The molecular formula is C22H27N5O6S. The van der Waals surface area contributed by atoms with Crippen molar-refractivity contribution in [2.24, 2.45) is 0 Å². The summed E-state index contributed by atoms with van der Waals surface area (Å²) in [6.45, 7) is 6.71. The lowest BCUT2D eigenvalue weighted by Gasteiger charge is -2.33. The van der Waals surface area contributed by atoms with Crippen LogP contribution < -0.4 is 5.32 Å². The smallest absolute Gasteiger partial charge is 0.409 e.